The third-order valence-corrected chi connectivity index (χ3v) is 2.66. The molecule has 2 rings (SSSR count). The first kappa shape index (κ1) is 12.4. The minimum Gasteiger partial charge on any atom is -0.361 e. The van der Waals surface area contributed by atoms with E-state index < -0.39 is 0 Å². The number of hydrogen-bond donors (Lipinski definition) is 1. The molecule has 0 bridgehead atoms. The Bertz CT molecular complexity index is 529. The lowest BCUT2D eigenvalue weighted by atomic mass is 10.1. The molecule has 1 N–H and O–H groups in total. The molecule has 94 valence electrons. The van der Waals surface area contributed by atoms with Crippen molar-refractivity contribution in [1.82, 2.24) is 10.5 Å². The molecule has 0 fully saturated rings. The van der Waals surface area contributed by atoms with Crippen molar-refractivity contribution in [2.75, 3.05) is 6.54 Å². The Balaban J connectivity index is 1.83. The van der Waals surface area contributed by atoms with Crippen LogP contribution in [-0.2, 0) is 6.42 Å². The number of nitrogens with zero attached hydrogens (tertiary/aromatic N) is 1. The van der Waals surface area contributed by atoms with Crippen molar-refractivity contribution in [3.8, 4) is 0 Å². The SMILES string of the molecule is Cc1ccc(C(=O)NCCc2cc(C)on2)cc1. The fourth-order valence-electron chi connectivity index (χ4n) is 1.65. The number of benzene rings is 1. The molecule has 18 heavy (non-hydrogen) atoms. The average molecular weight is 244 g/mol. The molecule has 1 aromatic heterocycles. The first-order chi connectivity index (χ1) is 8.65. The molecule has 0 aliphatic rings. The number of carbonyl (C=O) groups is 1. The van der Waals surface area contributed by atoms with E-state index in [0.29, 0.717) is 18.5 Å². The van der Waals surface area contributed by atoms with Crippen molar-refractivity contribution in [3.05, 3.63) is 52.9 Å². The molecule has 4 nitrogen and oxygen atoms in total. The maximum atomic E-state index is 11.8. The van der Waals surface area contributed by atoms with Crippen molar-refractivity contribution in [3.63, 3.8) is 0 Å². The number of amides is 1. The smallest absolute Gasteiger partial charge is 0.251 e. The highest BCUT2D eigenvalue weighted by atomic mass is 16.5. The van der Waals surface area contributed by atoms with Crippen LogP contribution < -0.4 is 5.32 Å². The molecule has 0 unspecified atom stereocenters. The molecule has 0 saturated heterocycles. The molecule has 0 aliphatic carbocycles. The van der Waals surface area contributed by atoms with Crippen LogP contribution in [0.2, 0.25) is 0 Å². The van der Waals surface area contributed by atoms with E-state index in [1.165, 1.54) is 0 Å². The van der Waals surface area contributed by atoms with E-state index in [-0.39, 0.29) is 5.91 Å². The molecule has 0 spiro atoms. The summed E-state index contributed by atoms with van der Waals surface area (Å²) in [6.45, 7) is 4.40. The quantitative estimate of drug-likeness (QED) is 0.897. The number of aryl methyl sites for hydroxylation is 2. The Morgan fingerprint density at radius 1 is 1.28 bits per heavy atom. The number of rotatable bonds is 4. The average Bonchev–Trinajstić information content (AvgIpc) is 2.76. The summed E-state index contributed by atoms with van der Waals surface area (Å²) >= 11 is 0. The molecule has 0 radical (unpaired) electrons. The van der Waals surface area contributed by atoms with Crippen molar-refractivity contribution in [1.29, 1.82) is 0 Å². The molecule has 4 heteroatoms. The van der Waals surface area contributed by atoms with Crippen molar-refractivity contribution in [2.24, 2.45) is 0 Å². The molecule has 2 aromatic rings. The summed E-state index contributed by atoms with van der Waals surface area (Å²) < 4.78 is 4.96. The minimum atomic E-state index is -0.0600. The number of aromatic nitrogens is 1. The molecular weight excluding hydrogens is 228 g/mol. The van der Waals surface area contributed by atoms with Gasteiger partial charge in [-0.25, -0.2) is 0 Å². The van der Waals surface area contributed by atoms with E-state index in [2.05, 4.69) is 10.5 Å². The van der Waals surface area contributed by atoms with Gasteiger partial charge < -0.3 is 9.84 Å². The van der Waals surface area contributed by atoms with Gasteiger partial charge in [-0.1, -0.05) is 22.9 Å². The fourth-order valence-corrected chi connectivity index (χ4v) is 1.65. The van der Waals surface area contributed by atoms with E-state index in [1.807, 2.05) is 44.2 Å². The van der Waals surface area contributed by atoms with Crippen LogP contribution in [0.1, 0.15) is 27.4 Å². The molecule has 1 heterocycles. The van der Waals surface area contributed by atoms with Gasteiger partial charge in [0.2, 0.25) is 0 Å². The standard InChI is InChI=1S/C14H16N2O2/c1-10-3-5-12(6-4-10)14(17)15-8-7-13-9-11(2)18-16-13/h3-6,9H,7-8H2,1-2H3,(H,15,17). The summed E-state index contributed by atoms with van der Waals surface area (Å²) in [5.41, 5.74) is 2.68. The van der Waals surface area contributed by atoms with Gasteiger partial charge in [-0.3, -0.25) is 4.79 Å². The summed E-state index contributed by atoms with van der Waals surface area (Å²) in [6, 6.07) is 9.37. The number of hydrogen-bond acceptors (Lipinski definition) is 3. The highest BCUT2D eigenvalue weighted by molar-refractivity contribution is 5.94. The Hall–Kier alpha value is -2.10. The molecular formula is C14H16N2O2. The fraction of sp³-hybridized carbons (Fsp3) is 0.286. The first-order valence-electron chi connectivity index (χ1n) is 5.92. The predicted molar refractivity (Wildman–Crippen MR) is 68.5 cm³/mol. The Kier molecular flexibility index (Phi) is 3.77. The van der Waals surface area contributed by atoms with Gasteiger partial charge in [0.1, 0.15) is 5.76 Å². The van der Waals surface area contributed by atoms with E-state index >= 15 is 0 Å². The highest BCUT2D eigenvalue weighted by Crippen LogP contribution is 2.04. The second-order valence-electron chi connectivity index (χ2n) is 4.30. The van der Waals surface area contributed by atoms with Gasteiger partial charge in [0, 0.05) is 24.6 Å². The second kappa shape index (κ2) is 5.49. The third-order valence-electron chi connectivity index (χ3n) is 2.66. The van der Waals surface area contributed by atoms with Crippen molar-refractivity contribution >= 4 is 5.91 Å². The van der Waals surface area contributed by atoms with E-state index in [9.17, 15) is 4.79 Å². The topological polar surface area (TPSA) is 55.1 Å². The second-order valence-corrected chi connectivity index (χ2v) is 4.30. The van der Waals surface area contributed by atoms with E-state index in [1.54, 1.807) is 0 Å². The molecule has 1 aromatic carbocycles. The van der Waals surface area contributed by atoms with Gasteiger partial charge in [-0.2, -0.15) is 0 Å². The van der Waals surface area contributed by atoms with Crippen LogP contribution in [0.5, 0.6) is 0 Å². The van der Waals surface area contributed by atoms with Gasteiger partial charge in [0.05, 0.1) is 5.69 Å². The van der Waals surface area contributed by atoms with Crippen molar-refractivity contribution in [2.45, 2.75) is 20.3 Å². The zero-order valence-corrected chi connectivity index (χ0v) is 10.6. The minimum absolute atomic E-state index is 0.0600. The van der Waals surface area contributed by atoms with Crippen LogP contribution in [-0.4, -0.2) is 17.6 Å². The van der Waals surface area contributed by atoms with Gasteiger partial charge in [-0.15, -0.1) is 0 Å². The van der Waals surface area contributed by atoms with Gasteiger partial charge in [-0.05, 0) is 26.0 Å². The summed E-state index contributed by atoms with van der Waals surface area (Å²) in [7, 11) is 0. The number of nitrogens with one attached hydrogen (secondary N) is 1. The monoisotopic (exact) mass is 244 g/mol. The summed E-state index contributed by atoms with van der Waals surface area (Å²) in [6.07, 6.45) is 0.676. The zero-order chi connectivity index (χ0) is 13.0. The normalized spacial score (nSPS) is 10.3. The first-order valence-corrected chi connectivity index (χ1v) is 5.92. The largest absolute Gasteiger partial charge is 0.361 e. The lowest BCUT2D eigenvalue weighted by Crippen LogP contribution is -2.25. The molecule has 0 aliphatic heterocycles. The van der Waals surface area contributed by atoms with Crippen LogP contribution in [0.3, 0.4) is 0 Å². The summed E-state index contributed by atoms with van der Waals surface area (Å²) in [5.74, 6) is 0.727. The van der Waals surface area contributed by atoms with Gasteiger partial charge in [0.25, 0.3) is 5.91 Å². The summed E-state index contributed by atoms with van der Waals surface area (Å²) in [5, 5.41) is 6.73. The van der Waals surface area contributed by atoms with Crippen LogP contribution in [0.25, 0.3) is 0 Å². The van der Waals surface area contributed by atoms with Gasteiger partial charge >= 0.3 is 0 Å². The Morgan fingerprint density at radius 3 is 2.61 bits per heavy atom. The van der Waals surface area contributed by atoms with E-state index in [0.717, 1.165) is 17.0 Å². The van der Waals surface area contributed by atoms with Gasteiger partial charge in [0.15, 0.2) is 0 Å². The lowest BCUT2D eigenvalue weighted by Gasteiger charge is -2.04. The maximum Gasteiger partial charge on any atom is 0.251 e. The van der Waals surface area contributed by atoms with Crippen LogP contribution in [0, 0.1) is 13.8 Å². The number of carbonyl (C=O) groups excluding carboxylic acids is 1. The Morgan fingerprint density at radius 2 is 2.00 bits per heavy atom. The van der Waals surface area contributed by atoms with Crippen LogP contribution in [0.4, 0.5) is 0 Å². The van der Waals surface area contributed by atoms with E-state index in [4.69, 9.17) is 4.52 Å². The molecule has 1 amide bonds. The predicted octanol–water partition coefficient (Wildman–Crippen LogP) is 2.26. The zero-order valence-electron chi connectivity index (χ0n) is 10.6. The molecule has 0 saturated carbocycles. The Labute approximate surface area is 106 Å². The van der Waals surface area contributed by atoms with Crippen LogP contribution >= 0.6 is 0 Å². The molecule has 0 atom stereocenters. The maximum absolute atomic E-state index is 11.8. The van der Waals surface area contributed by atoms with Crippen LogP contribution in [0.15, 0.2) is 34.9 Å². The highest BCUT2D eigenvalue weighted by Gasteiger charge is 2.05. The lowest BCUT2D eigenvalue weighted by molar-refractivity contribution is 0.0954. The summed E-state index contributed by atoms with van der Waals surface area (Å²) in [4.78, 5) is 11.8. The third kappa shape index (κ3) is 3.20. The van der Waals surface area contributed by atoms with Crippen molar-refractivity contribution < 1.29 is 9.32 Å².